The minimum atomic E-state index is -0.191. The second-order valence-corrected chi connectivity index (χ2v) is 5.66. The third-order valence-corrected chi connectivity index (χ3v) is 4.02. The second kappa shape index (κ2) is 8.74. The molecule has 0 spiro atoms. The molecule has 1 amide bonds. The molecular formula is C17H26N2O4. The van der Waals surface area contributed by atoms with E-state index < -0.39 is 0 Å². The maximum atomic E-state index is 12.1. The van der Waals surface area contributed by atoms with Gasteiger partial charge in [0.15, 0.2) is 0 Å². The number of piperidine rings is 1. The summed E-state index contributed by atoms with van der Waals surface area (Å²) in [6.45, 7) is 3.90. The Morgan fingerprint density at radius 1 is 1.30 bits per heavy atom. The predicted octanol–water partition coefficient (Wildman–Crippen LogP) is 1.65. The Kier molecular flexibility index (Phi) is 6.67. The van der Waals surface area contributed by atoms with Crippen molar-refractivity contribution >= 4 is 5.91 Å². The van der Waals surface area contributed by atoms with Crippen molar-refractivity contribution in [2.75, 3.05) is 33.9 Å². The highest BCUT2D eigenvalue weighted by molar-refractivity contribution is 5.77. The molecule has 1 atom stereocenters. The summed E-state index contributed by atoms with van der Waals surface area (Å²) in [6.07, 6.45) is 2.07. The highest BCUT2D eigenvalue weighted by atomic mass is 16.5. The van der Waals surface area contributed by atoms with Crippen LogP contribution < -0.4 is 20.1 Å². The van der Waals surface area contributed by atoms with E-state index in [1.807, 2.05) is 25.1 Å². The van der Waals surface area contributed by atoms with Crippen LogP contribution in [0.3, 0.4) is 0 Å². The normalized spacial score (nSPS) is 16.7. The zero-order valence-corrected chi connectivity index (χ0v) is 14.1. The number of nitrogens with one attached hydrogen (secondary N) is 2. The molecule has 0 saturated carbocycles. The van der Waals surface area contributed by atoms with Gasteiger partial charge in [0.1, 0.15) is 18.1 Å². The van der Waals surface area contributed by atoms with E-state index >= 15 is 0 Å². The molecule has 1 aromatic rings. The Bertz CT molecular complexity index is 515. The molecule has 6 heteroatoms. The van der Waals surface area contributed by atoms with Crippen molar-refractivity contribution in [1.29, 1.82) is 0 Å². The van der Waals surface area contributed by atoms with E-state index in [9.17, 15) is 4.79 Å². The number of carbonyl (C=O) groups is 1. The van der Waals surface area contributed by atoms with E-state index in [2.05, 4.69) is 10.6 Å². The Labute approximate surface area is 137 Å². The molecule has 6 nitrogen and oxygen atoms in total. The van der Waals surface area contributed by atoms with E-state index in [1.165, 1.54) is 0 Å². The molecule has 2 rings (SSSR count). The van der Waals surface area contributed by atoms with Crippen LogP contribution in [-0.4, -0.2) is 45.9 Å². The van der Waals surface area contributed by atoms with Crippen LogP contribution in [0, 0.1) is 0 Å². The van der Waals surface area contributed by atoms with Crippen LogP contribution in [0.25, 0.3) is 0 Å². The summed E-state index contributed by atoms with van der Waals surface area (Å²) < 4.78 is 16.3. The summed E-state index contributed by atoms with van der Waals surface area (Å²) >= 11 is 0. The molecule has 128 valence electrons. The molecule has 1 aliphatic rings. The molecule has 1 aliphatic heterocycles. The number of methoxy groups -OCH3 is 2. The Hall–Kier alpha value is -1.79. The van der Waals surface area contributed by atoms with Crippen LogP contribution in [0.15, 0.2) is 18.2 Å². The fourth-order valence-electron chi connectivity index (χ4n) is 2.69. The standard InChI is InChI=1S/C17H26N2O4/c1-12(15-10-14(21-2)4-5-16(15)22-3)19-17(20)11-23-13-6-8-18-9-7-13/h4-5,10,12-13,18H,6-9,11H2,1-3H3,(H,19,20). The Balaban J connectivity index is 1.89. The number of rotatable bonds is 7. The van der Waals surface area contributed by atoms with Crippen molar-refractivity contribution in [2.24, 2.45) is 0 Å². The summed E-state index contributed by atoms with van der Waals surface area (Å²) in [7, 11) is 3.22. The van der Waals surface area contributed by atoms with E-state index in [4.69, 9.17) is 14.2 Å². The zero-order chi connectivity index (χ0) is 16.7. The summed E-state index contributed by atoms with van der Waals surface area (Å²) in [5, 5.41) is 6.22. The number of carbonyl (C=O) groups excluding carboxylic acids is 1. The molecule has 1 saturated heterocycles. The molecule has 0 aromatic heterocycles. The van der Waals surface area contributed by atoms with Crippen molar-refractivity contribution in [3.05, 3.63) is 23.8 Å². The van der Waals surface area contributed by atoms with Crippen LogP contribution in [0.2, 0.25) is 0 Å². The van der Waals surface area contributed by atoms with Crippen molar-refractivity contribution in [1.82, 2.24) is 10.6 Å². The molecule has 1 aromatic carbocycles. The SMILES string of the molecule is COc1ccc(OC)c(C(C)NC(=O)COC2CCNCC2)c1. The van der Waals surface area contributed by atoms with Gasteiger partial charge in [-0.3, -0.25) is 4.79 Å². The second-order valence-electron chi connectivity index (χ2n) is 5.66. The lowest BCUT2D eigenvalue weighted by molar-refractivity contribution is -0.128. The Morgan fingerprint density at radius 3 is 2.70 bits per heavy atom. The lowest BCUT2D eigenvalue weighted by atomic mass is 10.1. The molecule has 23 heavy (non-hydrogen) atoms. The number of benzene rings is 1. The third-order valence-electron chi connectivity index (χ3n) is 4.02. The molecular weight excluding hydrogens is 296 g/mol. The third kappa shape index (κ3) is 5.11. The van der Waals surface area contributed by atoms with Gasteiger partial charge < -0.3 is 24.8 Å². The monoisotopic (exact) mass is 322 g/mol. The van der Waals surface area contributed by atoms with Crippen LogP contribution in [0.4, 0.5) is 0 Å². The van der Waals surface area contributed by atoms with Gasteiger partial charge in [0.2, 0.25) is 5.91 Å². The average Bonchev–Trinajstić information content (AvgIpc) is 2.60. The van der Waals surface area contributed by atoms with Gasteiger partial charge >= 0.3 is 0 Å². The van der Waals surface area contributed by atoms with Crippen LogP contribution in [0.5, 0.6) is 11.5 Å². The largest absolute Gasteiger partial charge is 0.497 e. The highest BCUT2D eigenvalue weighted by Gasteiger charge is 2.18. The lowest BCUT2D eigenvalue weighted by Crippen LogP contribution is -2.36. The maximum Gasteiger partial charge on any atom is 0.246 e. The van der Waals surface area contributed by atoms with Crippen molar-refractivity contribution in [2.45, 2.75) is 31.9 Å². The van der Waals surface area contributed by atoms with E-state index in [1.54, 1.807) is 14.2 Å². The summed E-state index contributed by atoms with van der Waals surface area (Å²) in [6, 6.07) is 5.35. The first kappa shape index (κ1) is 17.6. The molecule has 1 fully saturated rings. The molecule has 2 N–H and O–H groups in total. The smallest absolute Gasteiger partial charge is 0.246 e. The maximum absolute atomic E-state index is 12.1. The number of amides is 1. The first-order valence-electron chi connectivity index (χ1n) is 7.97. The lowest BCUT2D eigenvalue weighted by Gasteiger charge is -2.23. The topological polar surface area (TPSA) is 68.8 Å². The molecule has 0 aliphatic carbocycles. The van der Waals surface area contributed by atoms with Gasteiger partial charge in [-0.25, -0.2) is 0 Å². The predicted molar refractivity (Wildman–Crippen MR) is 87.9 cm³/mol. The van der Waals surface area contributed by atoms with Gasteiger partial charge in [0.05, 0.1) is 26.4 Å². The van der Waals surface area contributed by atoms with Crippen molar-refractivity contribution in [3.8, 4) is 11.5 Å². The summed E-state index contributed by atoms with van der Waals surface area (Å²) in [5.74, 6) is 1.33. The summed E-state index contributed by atoms with van der Waals surface area (Å²) in [4.78, 5) is 12.1. The fourth-order valence-corrected chi connectivity index (χ4v) is 2.69. The summed E-state index contributed by atoms with van der Waals surface area (Å²) in [5.41, 5.74) is 0.877. The van der Waals surface area contributed by atoms with Crippen molar-refractivity contribution < 1.29 is 19.0 Å². The number of hydrogen-bond donors (Lipinski definition) is 2. The van der Waals surface area contributed by atoms with Gasteiger partial charge in [-0.1, -0.05) is 0 Å². The van der Waals surface area contributed by atoms with Gasteiger partial charge in [0, 0.05) is 5.56 Å². The number of hydrogen-bond acceptors (Lipinski definition) is 5. The molecule has 0 radical (unpaired) electrons. The van der Waals surface area contributed by atoms with Crippen LogP contribution >= 0.6 is 0 Å². The van der Waals surface area contributed by atoms with Gasteiger partial charge in [-0.2, -0.15) is 0 Å². The quantitative estimate of drug-likeness (QED) is 0.799. The minimum absolute atomic E-state index is 0.0846. The first-order valence-corrected chi connectivity index (χ1v) is 7.97. The van der Waals surface area contributed by atoms with Gasteiger partial charge in [-0.15, -0.1) is 0 Å². The fraction of sp³-hybridized carbons (Fsp3) is 0.588. The van der Waals surface area contributed by atoms with Crippen LogP contribution in [0.1, 0.15) is 31.4 Å². The average molecular weight is 322 g/mol. The molecule has 1 heterocycles. The van der Waals surface area contributed by atoms with E-state index in [0.717, 1.165) is 43.0 Å². The Morgan fingerprint density at radius 2 is 2.04 bits per heavy atom. The van der Waals surface area contributed by atoms with Gasteiger partial charge in [0.25, 0.3) is 0 Å². The molecule has 1 unspecified atom stereocenters. The van der Waals surface area contributed by atoms with E-state index in [-0.39, 0.29) is 24.7 Å². The zero-order valence-electron chi connectivity index (χ0n) is 14.1. The van der Waals surface area contributed by atoms with Gasteiger partial charge in [-0.05, 0) is 51.1 Å². The van der Waals surface area contributed by atoms with E-state index in [0.29, 0.717) is 0 Å². The highest BCUT2D eigenvalue weighted by Crippen LogP contribution is 2.29. The number of ether oxygens (including phenoxy) is 3. The minimum Gasteiger partial charge on any atom is -0.497 e. The first-order chi connectivity index (χ1) is 11.1. The molecule has 0 bridgehead atoms. The van der Waals surface area contributed by atoms with Crippen LogP contribution in [-0.2, 0) is 9.53 Å². The van der Waals surface area contributed by atoms with Crippen molar-refractivity contribution in [3.63, 3.8) is 0 Å².